The maximum Gasteiger partial charge on any atom is 0.329 e. The van der Waals surface area contributed by atoms with Crippen LogP contribution in [0.25, 0.3) is 0 Å². The average Bonchev–Trinajstić information content (AvgIpc) is 2.89. The highest BCUT2D eigenvalue weighted by molar-refractivity contribution is 7.98. The van der Waals surface area contributed by atoms with Crippen molar-refractivity contribution >= 4 is 36.0 Å². The lowest BCUT2D eigenvalue weighted by molar-refractivity contribution is -0.159. The smallest absolute Gasteiger partial charge is 0.329 e. The van der Waals surface area contributed by atoms with Gasteiger partial charge in [-0.1, -0.05) is 74.5 Å². The molecule has 3 atom stereocenters. The Kier molecular flexibility index (Phi) is 13.3. The minimum absolute atomic E-state index is 0.0704. The second kappa shape index (κ2) is 16.4. The van der Waals surface area contributed by atoms with Crippen LogP contribution in [0, 0.1) is 5.92 Å². The molecule has 8 nitrogen and oxygen atoms in total. The Morgan fingerprint density at radius 3 is 2.11 bits per heavy atom. The highest BCUT2D eigenvalue weighted by Gasteiger charge is 2.31. The number of esters is 1. The van der Waals surface area contributed by atoms with Crippen LogP contribution in [0.4, 0.5) is 0 Å². The van der Waals surface area contributed by atoms with Gasteiger partial charge in [-0.3, -0.25) is 14.4 Å². The summed E-state index contributed by atoms with van der Waals surface area (Å²) in [5.41, 5.74) is 1.76. The molecule has 0 aromatic heterocycles. The molecule has 2 aromatic carbocycles. The van der Waals surface area contributed by atoms with Crippen LogP contribution in [0.2, 0.25) is 0 Å². The molecule has 0 saturated heterocycles. The lowest BCUT2D eigenvalue weighted by Crippen LogP contribution is -2.52. The zero-order valence-electron chi connectivity index (χ0n) is 21.6. The first-order valence-corrected chi connectivity index (χ1v) is 13.8. The van der Waals surface area contributed by atoms with Crippen LogP contribution in [0.3, 0.4) is 0 Å². The lowest BCUT2D eigenvalue weighted by Gasteiger charge is -2.25. The first kappa shape index (κ1) is 29.9. The van der Waals surface area contributed by atoms with Crippen LogP contribution in [0.5, 0.6) is 0 Å². The van der Waals surface area contributed by atoms with Gasteiger partial charge < -0.3 is 20.7 Å². The molecule has 3 amide bonds. The van der Waals surface area contributed by atoms with Crippen LogP contribution < -0.4 is 16.0 Å². The van der Waals surface area contributed by atoms with Gasteiger partial charge in [0.1, 0.15) is 12.1 Å². The summed E-state index contributed by atoms with van der Waals surface area (Å²) in [5.74, 6) is -0.833. The number of rotatable bonds is 16. The molecular formula is C28H37N3O5S. The van der Waals surface area contributed by atoms with E-state index in [4.69, 9.17) is 4.74 Å². The number of benzene rings is 2. The van der Waals surface area contributed by atoms with Gasteiger partial charge in [0.2, 0.25) is 12.3 Å². The summed E-state index contributed by atoms with van der Waals surface area (Å²) < 4.78 is 5.73. The van der Waals surface area contributed by atoms with Crippen LogP contribution in [-0.4, -0.2) is 54.4 Å². The molecule has 2 rings (SSSR count). The average molecular weight is 528 g/mol. The van der Waals surface area contributed by atoms with Crippen molar-refractivity contribution in [2.75, 3.05) is 12.0 Å². The van der Waals surface area contributed by atoms with E-state index in [-0.39, 0.29) is 12.3 Å². The second-order valence-electron chi connectivity index (χ2n) is 9.13. The van der Waals surface area contributed by atoms with Gasteiger partial charge in [0.25, 0.3) is 5.91 Å². The number of ether oxygens (including phenoxy) is 1. The predicted octanol–water partition coefficient (Wildman–Crippen LogP) is 2.86. The summed E-state index contributed by atoms with van der Waals surface area (Å²) >= 11 is 1.55. The number of thioether (sulfide) groups is 1. The number of hydrogen-bond donors (Lipinski definition) is 3. The van der Waals surface area contributed by atoms with E-state index >= 15 is 0 Å². The molecule has 0 radical (unpaired) electrons. The number of carbonyl (C=O) groups is 4. The largest absolute Gasteiger partial charge is 0.450 e. The fourth-order valence-electron chi connectivity index (χ4n) is 3.70. The van der Waals surface area contributed by atoms with E-state index < -0.39 is 36.0 Å². The lowest BCUT2D eigenvalue weighted by atomic mass is 10.0. The molecule has 2 aromatic rings. The van der Waals surface area contributed by atoms with Crippen LogP contribution >= 0.6 is 11.8 Å². The minimum Gasteiger partial charge on any atom is -0.450 e. The van der Waals surface area contributed by atoms with E-state index in [1.54, 1.807) is 11.8 Å². The molecule has 0 spiro atoms. The Morgan fingerprint density at radius 1 is 0.919 bits per heavy atom. The normalized spacial score (nSPS) is 13.2. The SMILES string of the molecule is CSCC[C@H](NC=O)C(=O)N[C@@H](CC(C)C)C(=O)O[C@@H](Cc1ccccc1)C(=O)NCc1ccccc1. The van der Waals surface area contributed by atoms with E-state index in [1.165, 1.54) is 0 Å². The van der Waals surface area contributed by atoms with Gasteiger partial charge in [-0.15, -0.1) is 0 Å². The number of hydrogen-bond acceptors (Lipinski definition) is 6. The fraction of sp³-hybridized carbons (Fsp3) is 0.429. The molecule has 0 fully saturated rings. The van der Waals surface area contributed by atoms with Crippen molar-refractivity contribution in [2.45, 2.75) is 57.8 Å². The van der Waals surface area contributed by atoms with E-state index in [0.29, 0.717) is 31.5 Å². The molecular weight excluding hydrogens is 490 g/mol. The van der Waals surface area contributed by atoms with E-state index in [0.717, 1.165) is 11.1 Å². The van der Waals surface area contributed by atoms with Crippen molar-refractivity contribution in [1.29, 1.82) is 0 Å². The molecule has 9 heteroatoms. The summed E-state index contributed by atoms with van der Waals surface area (Å²) in [5, 5.41) is 8.10. The van der Waals surface area contributed by atoms with Gasteiger partial charge in [0, 0.05) is 13.0 Å². The van der Waals surface area contributed by atoms with E-state index in [2.05, 4.69) is 16.0 Å². The monoisotopic (exact) mass is 527 g/mol. The van der Waals surface area contributed by atoms with Crippen LogP contribution in [-0.2, 0) is 36.9 Å². The standard InChI is InChI=1S/C28H37N3O5S/c1-20(2)16-24(31-26(33)23(30-19-32)14-15-37-3)28(35)36-25(17-21-10-6-4-7-11-21)27(34)29-18-22-12-8-5-9-13-22/h4-13,19-20,23-25H,14-18H2,1-3H3,(H,29,34)(H,30,32)(H,31,33)/t23-,24-,25-/m0/s1. The van der Waals surface area contributed by atoms with Gasteiger partial charge in [-0.25, -0.2) is 4.79 Å². The quantitative estimate of drug-likeness (QED) is 0.229. The molecule has 0 heterocycles. The van der Waals surface area contributed by atoms with Gasteiger partial charge in [0.15, 0.2) is 6.10 Å². The fourth-order valence-corrected chi connectivity index (χ4v) is 4.17. The number of amides is 3. The van der Waals surface area contributed by atoms with Gasteiger partial charge in [0.05, 0.1) is 0 Å². The predicted molar refractivity (Wildman–Crippen MR) is 146 cm³/mol. The van der Waals surface area contributed by atoms with Crippen molar-refractivity contribution in [3.05, 3.63) is 71.8 Å². The number of nitrogens with one attached hydrogen (secondary N) is 3. The topological polar surface area (TPSA) is 114 Å². The molecule has 37 heavy (non-hydrogen) atoms. The van der Waals surface area contributed by atoms with Gasteiger partial charge >= 0.3 is 5.97 Å². The Hall–Kier alpha value is -3.33. The molecule has 0 aliphatic heterocycles. The molecule has 0 unspecified atom stereocenters. The van der Waals surface area contributed by atoms with Crippen molar-refractivity contribution in [3.63, 3.8) is 0 Å². The highest BCUT2D eigenvalue weighted by Crippen LogP contribution is 2.13. The molecule has 200 valence electrons. The zero-order chi connectivity index (χ0) is 27.0. The Labute approximate surface area is 223 Å². The molecule has 0 aliphatic carbocycles. The van der Waals surface area contributed by atoms with Gasteiger partial charge in [-0.2, -0.15) is 11.8 Å². The minimum atomic E-state index is -1.08. The van der Waals surface area contributed by atoms with Gasteiger partial charge in [-0.05, 0) is 41.9 Å². The zero-order valence-corrected chi connectivity index (χ0v) is 22.5. The summed E-state index contributed by atoms with van der Waals surface area (Å²) in [6, 6.07) is 17.0. The van der Waals surface area contributed by atoms with E-state index in [9.17, 15) is 19.2 Å². The van der Waals surface area contributed by atoms with Crippen LogP contribution in [0.15, 0.2) is 60.7 Å². The number of carbonyl (C=O) groups excluding carboxylic acids is 4. The Bertz CT molecular complexity index is 988. The summed E-state index contributed by atoms with van der Waals surface area (Å²) in [6.45, 7) is 4.15. The Morgan fingerprint density at radius 2 is 1.54 bits per heavy atom. The molecule has 3 N–H and O–H groups in total. The molecule has 0 aliphatic rings. The Balaban J connectivity index is 2.16. The third-order valence-electron chi connectivity index (χ3n) is 5.63. The molecule has 0 saturated carbocycles. The first-order valence-electron chi connectivity index (χ1n) is 12.4. The maximum absolute atomic E-state index is 13.3. The second-order valence-corrected chi connectivity index (χ2v) is 10.1. The highest BCUT2D eigenvalue weighted by atomic mass is 32.2. The maximum atomic E-state index is 13.3. The third kappa shape index (κ3) is 11.1. The van der Waals surface area contributed by atoms with E-state index in [1.807, 2.05) is 80.8 Å². The molecule has 0 bridgehead atoms. The summed E-state index contributed by atoms with van der Waals surface area (Å²) in [7, 11) is 0. The third-order valence-corrected chi connectivity index (χ3v) is 6.27. The first-order chi connectivity index (χ1) is 17.8. The van der Waals surface area contributed by atoms with Crippen molar-refractivity contribution in [1.82, 2.24) is 16.0 Å². The summed E-state index contributed by atoms with van der Waals surface area (Å²) in [4.78, 5) is 50.3. The summed E-state index contributed by atoms with van der Waals surface area (Å²) in [6.07, 6.45) is 2.25. The van der Waals surface area contributed by atoms with Crippen LogP contribution in [0.1, 0.15) is 37.8 Å². The van der Waals surface area contributed by atoms with Crippen molar-refractivity contribution in [2.24, 2.45) is 5.92 Å². The van der Waals surface area contributed by atoms with Crippen molar-refractivity contribution < 1.29 is 23.9 Å². The van der Waals surface area contributed by atoms with Crippen molar-refractivity contribution in [3.8, 4) is 0 Å².